The minimum absolute atomic E-state index is 0.180. The molecule has 0 bridgehead atoms. The number of alkyl halides is 2. The summed E-state index contributed by atoms with van der Waals surface area (Å²) in [6, 6.07) is 5.73. The Labute approximate surface area is 106 Å². The molecule has 0 saturated heterocycles. The highest BCUT2D eigenvalue weighted by Crippen LogP contribution is 2.29. The number of halogens is 2. The van der Waals surface area contributed by atoms with Crippen molar-refractivity contribution in [2.75, 3.05) is 6.61 Å². The van der Waals surface area contributed by atoms with E-state index in [2.05, 4.69) is 0 Å². The van der Waals surface area contributed by atoms with Gasteiger partial charge in [-0.2, -0.15) is 8.78 Å². The van der Waals surface area contributed by atoms with Crippen LogP contribution in [0, 0.1) is 0 Å². The van der Waals surface area contributed by atoms with Gasteiger partial charge in [-0.15, -0.1) is 0 Å². The van der Waals surface area contributed by atoms with Gasteiger partial charge in [-0.3, -0.25) is 0 Å². The first-order valence-corrected chi connectivity index (χ1v) is 6.38. The average molecular weight is 256 g/mol. The van der Waals surface area contributed by atoms with Crippen LogP contribution in [0.3, 0.4) is 0 Å². The van der Waals surface area contributed by atoms with E-state index in [1.54, 1.807) is 12.1 Å². The lowest BCUT2D eigenvalue weighted by atomic mass is 9.98. The molecule has 1 aromatic carbocycles. The first kappa shape index (κ1) is 13.3. The zero-order valence-corrected chi connectivity index (χ0v) is 10.2. The normalized spacial score (nSPS) is 17.7. The van der Waals surface area contributed by atoms with Crippen molar-refractivity contribution in [1.82, 2.24) is 0 Å². The molecule has 0 unspecified atom stereocenters. The van der Waals surface area contributed by atoms with Crippen LogP contribution in [0.5, 0.6) is 5.75 Å². The van der Waals surface area contributed by atoms with Crippen LogP contribution in [-0.4, -0.2) is 17.8 Å². The van der Waals surface area contributed by atoms with Gasteiger partial charge in [-0.05, 0) is 49.9 Å². The maximum absolute atomic E-state index is 13.2. The van der Waals surface area contributed by atoms with Crippen molar-refractivity contribution in [1.29, 1.82) is 0 Å². The average Bonchev–Trinajstić information content (AvgIpc) is 2.40. The van der Waals surface area contributed by atoms with E-state index in [4.69, 9.17) is 9.84 Å². The van der Waals surface area contributed by atoms with E-state index in [0.29, 0.717) is 5.75 Å². The number of hydrogen-bond donors (Lipinski definition) is 1. The van der Waals surface area contributed by atoms with E-state index in [-0.39, 0.29) is 11.7 Å². The SMILES string of the molecule is OCC(F)(F)c1ccc(OC2CCCCC2)cc1. The Morgan fingerprint density at radius 3 is 2.28 bits per heavy atom. The highest BCUT2D eigenvalue weighted by atomic mass is 19.3. The number of ether oxygens (including phenoxy) is 1. The highest BCUT2D eigenvalue weighted by molar-refractivity contribution is 5.30. The van der Waals surface area contributed by atoms with Crippen molar-refractivity contribution < 1.29 is 18.6 Å². The molecule has 18 heavy (non-hydrogen) atoms. The van der Waals surface area contributed by atoms with E-state index in [9.17, 15) is 8.78 Å². The number of aliphatic hydroxyl groups is 1. The maximum Gasteiger partial charge on any atom is 0.295 e. The molecule has 0 aliphatic heterocycles. The standard InChI is InChI=1S/C14H18F2O2/c15-14(16,10-17)11-6-8-13(9-7-11)18-12-4-2-1-3-5-12/h6-9,12,17H,1-5,10H2. The molecule has 100 valence electrons. The van der Waals surface area contributed by atoms with Gasteiger partial charge in [-0.25, -0.2) is 0 Å². The summed E-state index contributed by atoms with van der Waals surface area (Å²) in [5.41, 5.74) is -0.180. The van der Waals surface area contributed by atoms with Crippen LogP contribution in [0.1, 0.15) is 37.7 Å². The second kappa shape index (κ2) is 5.65. The van der Waals surface area contributed by atoms with Gasteiger partial charge in [-0.1, -0.05) is 6.42 Å². The molecule has 0 spiro atoms. The monoisotopic (exact) mass is 256 g/mol. The molecule has 0 heterocycles. The summed E-state index contributed by atoms with van der Waals surface area (Å²) in [6.45, 7) is -1.17. The molecule has 2 rings (SSSR count). The Kier molecular flexibility index (Phi) is 4.17. The molecule has 0 aromatic heterocycles. The van der Waals surface area contributed by atoms with Crippen molar-refractivity contribution in [2.24, 2.45) is 0 Å². The quantitative estimate of drug-likeness (QED) is 0.893. The molecule has 4 heteroatoms. The third-order valence-corrected chi connectivity index (χ3v) is 3.33. The number of aliphatic hydroxyl groups excluding tert-OH is 1. The van der Waals surface area contributed by atoms with E-state index in [1.807, 2.05) is 0 Å². The molecule has 1 aromatic rings. The molecule has 0 atom stereocenters. The summed E-state index contributed by atoms with van der Waals surface area (Å²) in [5.74, 6) is -2.55. The van der Waals surface area contributed by atoms with Crippen molar-refractivity contribution in [3.05, 3.63) is 29.8 Å². The highest BCUT2D eigenvalue weighted by Gasteiger charge is 2.30. The molecule has 0 amide bonds. The molecule has 1 N–H and O–H groups in total. The van der Waals surface area contributed by atoms with Gasteiger partial charge >= 0.3 is 0 Å². The van der Waals surface area contributed by atoms with Crippen LogP contribution in [-0.2, 0) is 5.92 Å². The van der Waals surface area contributed by atoms with Crippen LogP contribution >= 0.6 is 0 Å². The topological polar surface area (TPSA) is 29.5 Å². The summed E-state index contributed by atoms with van der Waals surface area (Å²) in [7, 11) is 0. The van der Waals surface area contributed by atoms with Gasteiger partial charge in [0.2, 0.25) is 0 Å². The predicted molar refractivity (Wildman–Crippen MR) is 64.9 cm³/mol. The van der Waals surface area contributed by atoms with E-state index in [0.717, 1.165) is 12.8 Å². The number of hydrogen-bond acceptors (Lipinski definition) is 2. The smallest absolute Gasteiger partial charge is 0.295 e. The van der Waals surface area contributed by atoms with Crippen LogP contribution < -0.4 is 4.74 Å². The Balaban J connectivity index is 1.99. The van der Waals surface area contributed by atoms with Crippen molar-refractivity contribution in [2.45, 2.75) is 44.1 Å². The molecular formula is C14H18F2O2. The lowest BCUT2D eigenvalue weighted by molar-refractivity contribution is -0.0556. The second-order valence-corrected chi connectivity index (χ2v) is 4.76. The van der Waals surface area contributed by atoms with Crippen LogP contribution in [0.15, 0.2) is 24.3 Å². The van der Waals surface area contributed by atoms with Gasteiger partial charge in [0.05, 0.1) is 6.10 Å². The first-order valence-electron chi connectivity index (χ1n) is 6.38. The predicted octanol–water partition coefficient (Wildman–Crippen LogP) is 3.48. The van der Waals surface area contributed by atoms with Gasteiger partial charge in [0.25, 0.3) is 5.92 Å². The van der Waals surface area contributed by atoms with Crippen molar-refractivity contribution in [3.8, 4) is 5.75 Å². The fourth-order valence-electron chi connectivity index (χ4n) is 2.24. The van der Waals surface area contributed by atoms with Crippen LogP contribution in [0.4, 0.5) is 8.78 Å². The van der Waals surface area contributed by atoms with Gasteiger partial charge in [0, 0.05) is 5.56 Å². The van der Waals surface area contributed by atoms with E-state index < -0.39 is 12.5 Å². The van der Waals surface area contributed by atoms with Gasteiger partial charge in [0.15, 0.2) is 0 Å². The third kappa shape index (κ3) is 3.19. The molecule has 2 nitrogen and oxygen atoms in total. The van der Waals surface area contributed by atoms with Gasteiger partial charge in [0.1, 0.15) is 12.4 Å². The zero-order valence-electron chi connectivity index (χ0n) is 10.2. The van der Waals surface area contributed by atoms with Crippen LogP contribution in [0.2, 0.25) is 0 Å². The first-order chi connectivity index (χ1) is 8.62. The maximum atomic E-state index is 13.2. The molecule has 1 aliphatic carbocycles. The van der Waals surface area contributed by atoms with Crippen molar-refractivity contribution in [3.63, 3.8) is 0 Å². The van der Waals surface area contributed by atoms with E-state index >= 15 is 0 Å². The fraction of sp³-hybridized carbons (Fsp3) is 0.571. The second-order valence-electron chi connectivity index (χ2n) is 4.76. The molecule has 1 saturated carbocycles. The molecule has 0 radical (unpaired) electrons. The molecule has 1 aliphatic rings. The number of rotatable bonds is 4. The Bertz CT molecular complexity index is 370. The lowest BCUT2D eigenvalue weighted by Gasteiger charge is -2.23. The Hall–Kier alpha value is -1.16. The fourth-order valence-corrected chi connectivity index (χ4v) is 2.24. The summed E-state index contributed by atoms with van der Waals surface area (Å²) in [6.07, 6.45) is 5.88. The summed E-state index contributed by atoms with van der Waals surface area (Å²) < 4.78 is 32.1. The number of benzene rings is 1. The summed E-state index contributed by atoms with van der Waals surface area (Å²) in [5, 5.41) is 8.60. The van der Waals surface area contributed by atoms with Crippen LogP contribution in [0.25, 0.3) is 0 Å². The lowest BCUT2D eigenvalue weighted by Crippen LogP contribution is -2.20. The Morgan fingerprint density at radius 1 is 1.11 bits per heavy atom. The summed E-state index contributed by atoms with van der Waals surface area (Å²) >= 11 is 0. The Morgan fingerprint density at radius 2 is 1.72 bits per heavy atom. The summed E-state index contributed by atoms with van der Waals surface area (Å²) in [4.78, 5) is 0. The zero-order chi connectivity index (χ0) is 13.0. The minimum Gasteiger partial charge on any atom is -0.490 e. The van der Waals surface area contributed by atoms with E-state index in [1.165, 1.54) is 31.4 Å². The third-order valence-electron chi connectivity index (χ3n) is 3.33. The van der Waals surface area contributed by atoms with Gasteiger partial charge < -0.3 is 9.84 Å². The van der Waals surface area contributed by atoms with Crippen molar-refractivity contribution >= 4 is 0 Å². The molecule has 1 fully saturated rings. The largest absolute Gasteiger partial charge is 0.490 e. The minimum atomic E-state index is -3.18. The molecular weight excluding hydrogens is 238 g/mol.